The van der Waals surface area contributed by atoms with E-state index in [4.69, 9.17) is 0 Å². The lowest BCUT2D eigenvalue weighted by atomic mass is 10.1. The van der Waals surface area contributed by atoms with Gasteiger partial charge in [0.1, 0.15) is 23.2 Å². The van der Waals surface area contributed by atoms with E-state index in [2.05, 4.69) is 26.4 Å². The first-order valence-corrected chi connectivity index (χ1v) is 13.1. The Labute approximate surface area is 249 Å². The number of halogens is 10. The van der Waals surface area contributed by atoms with Gasteiger partial charge in [-0.15, -0.1) is 13.2 Å². The van der Waals surface area contributed by atoms with Crippen molar-refractivity contribution < 1.29 is 53.4 Å². The first kappa shape index (κ1) is 33.1. The second-order valence-electron chi connectivity index (χ2n) is 9.51. The van der Waals surface area contributed by atoms with Crippen molar-refractivity contribution in [3.05, 3.63) is 106 Å². The molecule has 0 atom stereocenters. The molecule has 4 aromatic rings. The van der Waals surface area contributed by atoms with Gasteiger partial charge in [-0.25, -0.2) is 31.9 Å². The third-order valence-electron chi connectivity index (χ3n) is 6.12. The summed E-state index contributed by atoms with van der Waals surface area (Å²) in [4.78, 5) is 8.28. The molecule has 0 aliphatic heterocycles. The third-order valence-corrected chi connectivity index (χ3v) is 6.12. The number of unbranched alkanes of at least 4 members (excludes halogenated alkanes) is 2. The van der Waals surface area contributed by atoms with Crippen LogP contribution in [0, 0.1) is 40.9 Å². The van der Waals surface area contributed by atoms with E-state index in [-0.39, 0.29) is 11.4 Å². The summed E-state index contributed by atoms with van der Waals surface area (Å²) in [6, 6.07) is 3.84. The van der Waals surface area contributed by atoms with Crippen LogP contribution in [0.2, 0.25) is 0 Å². The van der Waals surface area contributed by atoms with Crippen LogP contribution < -0.4 is 9.47 Å². The average Bonchev–Trinajstić information content (AvgIpc) is 2.94. The average molecular weight is 642 g/mol. The van der Waals surface area contributed by atoms with Gasteiger partial charge in [0.15, 0.2) is 17.5 Å². The largest absolute Gasteiger partial charge is 0.573 e. The molecule has 0 amide bonds. The summed E-state index contributed by atoms with van der Waals surface area (Å²) in [5.41, 5.74) is -1.98. The van der Waals surface area contributed by atoms with Gasteiger partial charge in [0.2, 0.25) is 5.75 Å². The number of hydrogen-bond acceptors (Lipinski definition) is 4. The zero-order valence-corrected chi connectivity index (χ0v) is 23.0. The number of rotatable bonds is 9. The van der Waals surface area contributed by atoms with E-state index < -0.39 is 69.7 Å². The highest BCUT2D eigenvalue weighted by Crippen LogP contribution is 2.36. The van der Waals surface area contributed by atoms with Gasteiger partial charge in [-0.05, 0) is 42.7 Å². The van der Waals surface area contributed by atoms with Gasteiger partial charge >= 0.3 is 12.5 Å². The van der Waals surface area contributed by atoms with E-state index in [9.17, 15) is 43.9 Å². The van der Waals surface area contributed by atoms with E-state index >= 15 is 0 Å². The predicted molar refractivity (Wildman–Crippen MR) is 141 cm³/mol. The van der Waals surface area contributed by atoms with E-state index in [1.165, 1.54) is 0 Å². The Hall–Kier alpha value is -4.80. The van der Waals surface area contributed by atoms with Gasteiger partial charge in [-0.3, -0.25) is 0 Å². The maximum atomic E-state index is 14.9. The lowest BCUT2D eigenvalue weighted by molar-refractivity contribution is -0.276. The van der Waals surface area contributed by atoms with Gasteiger partial charge in [0.05, 0.1) is 11.1 Å². The van der Waals surface area contributed by atoms with Crippen molar-refractivity contribution >= 4 is 0 Å². The van der Waals surface area contributed by atoms with Gasteiger partial charge in [-0.1, -0.05) is 37.7 Å². The smallest absolute Gasteiger partial charge is 0.429 e. The molecule has 0 spiro atoms. The lowest BCUT2D eigenvalue weighted by Gasteiger charge is -2.19. The van der Waals surface area contributed by atoms with Crippen molar-refractivity contribution in [2.75, 3.05) is 0 Å². The Bertz CT molecular complexity index is 1700. The van der Waals surface area contributed by atoms with Crippen molar-refractivity contribution in [1.82, 2.24) is 9.97 Å². The highest BCUT2D eigenvalue weighted by atomic mass is 19.4. The molecule has 4 nitrogen and oxygen atoms in total. The Kier molecular flexibility index (Phi) is 9.90. The Morgan fingerprint density at radius 1 is 0.711 bits per heavy atom. The van der Waals surface area contributed by atoms with Crippen molar-refractivity contribution in [2.45, 2.75) is 45.1 Å². The topological polar surface area (TPSA) is 44.2 Å². The predicted octanol–water partition coefficient (Wildman–Crippen LogP) is 9.00. The molecular formula is C31H20F10N2O2. The molecule has 1 heterocycles. The fraction of sp³-hybridized carbons (Fsp3) is 0.226. The van der Waals surface area contributed by atoms with E-state index in [0.717, 1.165) is 43.4 Å². The quantitative estimate of drug-likeness (QED) is 0.104. The van der Waals surface area contributed by atoms with Crippen LogP contribution in [-0.4, -0.2) is 16.3 Å². The van der Waals surface area contributed by atoms with Gasteiger partial charge < -0.3 is 9.47 Å². The number of aryl methyl sites for hydroxylation is 1. The summed E-state index contributed by atoms with van der Waals surface area (Å²) >= 11 is 0. The number of hydrogen-bond donors (Lipinski definition) is 0. The molecule has 3 aromatic carbocycles. The summed E-state index contributed by atoms with van der Waals surface area (Å²) in [6.07, 6.45) is -2.96. The molecule has 0 unspecified atom stereocenters. The van der Waals surface area contributed by atoms with Crippen LogP contribution in [-0.2, 0) is 12.5 Å². The summed E-state index contributed by atoms with van der Waals surface area (Å²) in [5, 5.41) is 0. The first-order chi connectivity index (χ1) is 21.2. The number of ether oxygens (including phenoxy) is 2. The van der Waals surface area contributed by atoms with Gasteiger partial charge in [0.25, 0.3) is 0 Å². The fourth-order valence-electron chi connectivity index (χ4n) is 4.01. The third kappa shape index (κ3) is 8.43. The van der Waals surface area contributed by atoms with Crippen LogP contribution in [0.4, 0.5) is 43.9 Å². The van der Waals surface area contributed by atoms with E-state index in [0.29, 0.717) is 30.3 Å². The molecule has 45 heavy (non-hydrogen) atoms. The summed E-state index contributed by atoms with van der Waals surface area (Å²) in [5.74, 6) is -7.01. The molecule has 0 N–H and O–H groups in total. The monoisotopic (exact) mass is 642 g/mol. The lowest BCUT2D eigenvalue weighted by Crippen LogP contribution is -2.23. The fourth-order valence-corrected chi connectivity index (χ4v) is 4.01. The van der Waals surface area contributed by atoms with Crippen LogP contribution in [0.15, 0.2) is 54.9 Å². The number of benzene rings is 3. The molecule has 0 saturated carbocycles. The Morgan fingerprint density at radius 3 is 1.89 bits per heavy atom. The van der Waals surface area contributed by atoms with E-state index in [1.807, 2.05) is 11.8 Å². The summed E-state index contributed by atoms with van der Waals surface area (Å²) in [7, 11) is 0. The van der Waals surface area contributed by atoms with Crippen molar-refractivity contribution in [3.63, 3.8) is 0 Å². The molecular weight excluding hydrogens is 622 g/mol. The molecule has 0 saturated heterocycles. The molecule has 4 rings (SSSR count). The van der Waals surface area contributed by atoms with Crippen LogP contribution in [0.3, 0.4) is 0 Å². The minimum Gasteiger partial charge on any atom is -0.429 e. The van der Waals surface area contributed by atoms with Crippen LogP contribution in [0.1, 0.15) is 48.4 Å². The Balaban J connectivity index is 1.51. The maximum Gasteiger partial charge on any atom is 0.573 e. The standard InChI is InChI=1S/C31H20F10N2O2/c1-2-3-4-5-18-15-42-29(43-16-18)19-7-9-22(25(34)12-19)30(37,38)44-20-13-23(32)21(24(33)14-20)8-6-17-10-26(35)28(27(36)11-17)45-31(39,40)41/h7,9-16H,2-5H2,1H3. The normalized spacial score (nSPS) is 11.6. The van der Waals surface area contributed by atoms with E-state index in [1.54, 1.807) is 12.4 Å². The molecule has 0 aliphatic rings. The number of alkyl halides is 5. The molecule has 0 radical (unpaired) electrons. The zero-order chi connectivity index (χ0) is 32.9. The van der Waals surface area contributed by atoms with Crippen molar-refractivity contribution in [1.29, 1.82) is 0 Å². The first-order valence-electron chi connectivity index (χ1n) is 13.1. The van der Waals surface area contributed by atoms with Crippen molar-refractivity contribution in [3.8, 4) is 34.7 Å². The highest BCUT2D eigenvalue weighted by Gasteiger charge is 2.38. The second kappa shape index (κ2) is 13.5. The zero-order valence-electron chi connectivity index (χ0n) is 23.0. The number of aromatic nitrogens is 2. The van der Waals surface area contributed by atoms with Crippen LogP contribution in [0.5, 0.6) is 11.5 Å². The molecule has 14 heteroatoms. The minimum absolute atomic E-state index is 0.0841. The molecule has 1 aromatic heterocycles. The van der Waals surface area contributed by atoms with Crippen LogP contribution >= 0.6 is 0 Å². The number of nitrogens with zero attached hydrogens (tertiary/aromatic N) is 2. The maximum absolute atomic E-state index is 14.9. The minimum atomic E-state index is -5.40. The SMILES string of the molecule is CCCCCc1cnc(-c2ccc(C(F)(F)Oc3cc(F)c(C#Cc4cc(F)c(OC(F)(F)F)c(F)c4)c(F)c3)c(F)c2)nc1. The summed E-state index contributed by atoms with van der Waals surface area (Å²) < 4.78 is 146. The van der Waals surface area contributed by atoms with Crippen molar-refractivity contribution in [2.24, 2.45) is 0 Å². The van der Waals surface area contributed by atoms with Crippen LogP contribution in [0.25, 0.3) is 11.4 Å². The second-order valence-corrected chi connectivity index (χ2v) is 9.51. The molecule has 236 valence electrons. The Morgan fingerprint density at radius 2 is 1.33 bits per heavy atom. The molecule has 0 fully saturated rings. The van der Waals surface area contributed by atoms with Gasteiger partial charge in [0, 0.05) is 35.7 Å². The highest BCUT2D eigenvalue weighted by molar-refractivity contribution is 5.56. The molecule has 0 aliphatic carbocycles. The van der Waals surface area contributed by atoms with Gasteiger partial charge in [-0.2, -0.15) is 8.78 Å². The summed E-state index contributed by atoms with van der Waals surface area (Å²) in [6.45, 7) is 2.06. The molecule has 0 bridgehead atoms.